The van der Waals surface area contributed by atoms with Crippen LogP contribution in [-0.4, -0.2) is 118 Å². The Morgan fingerprint density at radius 2 is 1.03 bits per heavy atom. The van der Waals surface area contributed by atoms with Crippen LogP contribution in [0.4, 0.5) is 0 Å². The second kappa shape index (κ2) is 46.5. The Morgan fingerprint density at radius 3 is 1.33 bits per heavy atom. The van der Waals surface area contributed by atoms with Gasteiger partial charge in [0.25, 0.3) is 6.47 Å². The SMILES string of the molecule is CC(C)(C)OC(=O)CCCCBr.CC(C)(C)OC(=O)CCCCn1cc(C(=O)O)cn1.CCOC(=O)c1cn[nH]c1.CCOC(=O)c1cnn(CCCCC(=O)OC(C)(C)C)c1.O=CO[O-].[Cs+].[Cs+].[H-].[Li+].[OH-]. The molecule has 0 aliphatic heterocycles. The fraction of sp³-hybridized carbons (Fsp3) is 0.636. The van der Waals surface area contributed by atoms with Gasteiger partial charge in [-0.1, -0.05) is 15.9 Å². The molecule has 22 nitrogen and oxygen atoms in total. The smallest absolute Gasteiger partial charge is 1.00 e. The van der Waals surface area contributed by atoms with Crippen LogP contribution in [0.2, 0.25) is 0 Å². The fourth-order valence-electron chi connectivity index (χ4n) is 4.61. The number of carbonyl (C=O) groups excluding carboxylic acids is 6. The van der Waals surface area contributed by atoms with Crippen molar-refractivity contribution >= 4 is 58.2 Å². The van der Waals surface area contributed by atoms with Crippen molar-refractivity contribution in [3.63, 3.8) is 0 Å². The zero-order valence-electron chi connectivity index (χ0n) is 44.7. The average molecular weight is 1290 g/mol. The zero-order chi connectivity index (χ0) is 50.8. The van der Waals surface area contributed by atoms with Gasteiger partial charge >= 0.3 is 192 Å². The molecule has 0 spiro atoms. The number of esters is 5. The van der Waals surface area contributed by atoms with Crippen LogP contribution < -0.4 is 162 Å². The van der Waals surface area contributed by atoms with Crippen molar-refractivity contribution in [1.29, 1.82) is 0 Å². The number of H-pyrrole nitrogens is 1. The van der Waals surface area contributed by atoms with Gasteiger partial charge < -0.3 is 45.8 Å². The zero-order valence-corrected chi connectivity index (χ0v) is 57.8. The normalized spacial score (nSPS) is 10.0. The molecule has 3 heterocycles. The van der Waals surface area contributed by atoms with Gasteiger partial charge in [0, 0.05) is 56.3 Å². The molecular formula is C44H72BrCs2LiN6O16. The van der Waals surface area contributed by atoms with Crippen LogP contribution in [-0.2, 0) is 60.8 Å². The van der Waals surface area contributed by atoms with E-state index in [2.05, 4.69) is 45.9 Å². The molecule has 3 aromatic heterocycles. The van der Waals surface area contributed by atoms with E-state index in [0.717, 1.165) is 37.4 Å². The second-order valence-electron chi connectivity index (χ2n) is 16.7. The Bertz CT molecular complexity index is 1860. The van der Waals surface area contributed by atoms with Crippen LogP contribution in [0.25, 0.3) is 0 Å². The molecule has 0 radical (unpaired) electrons. The Hall–Kier alpha value is -0.979. The van der Waals surface area contributed by atoms with Crippen LogP contribution in [0.1, 0.15) is 166 Å². The molecule has 0 unspecified atom stereocenters. The summed E-state index contributed by atoms with van der Waals surface area (Å²) in [5.74, 6) is -2.17. The standard InChI is InChI=1S/C15H24N2O4.C13H20N2O4.C9H17BrO2.C6H8N2O2.CH2O3.2Cs.Li.H2O.H/c1-5-20-14(19)12-10-16-17(11-12)9-7-6-8-13(18)21-15(2,3)4;1-13(2,3)19-11(16)6-4-5-7-15-9-10(8-14-15)12(17)18;1-9(2,3)12-8(11)6-4-5-7-10;1-2-10-6(9)5-3-7-8-4-5;2-1-4-3;;;;;/h10-11H,5-9H2,1-4H3;8-9H,4-7H2,1-3H3,(H,17,18);4-7H2,1-3H3;3-4H,2H2,1H3,(H,7,8);1,3H;;;;1H2;/q;;;;;3*+1;;-1/p-2. The van der Waals surface area contributed by atoms with Gasteiger partial charge in [0.1, 0.15) is 16.8 Å². The van der Waals surface area contributed by atoms with Gasteiger partial charge in [-0.25, -0.2) is 14.4 Å². The number of aromatic nitrogens is 6. The molecule has 70 heavy (non-hydrogen) atoms. The Morgan fingerprint density at radius 1 is 0.671 bits per heavy atom. The maximum absolute atomic E-state index is 11.5. The summed E-state index contributed by atoms with van der Waals surface area (Å²) in [6.45, 7) is 22.0. The molecule has 26 heteroatoms. The molecule has 384 valence electrons. The van der Waals surface area contributed by atoms with E-state index in [1.54, 1.807) is 29.4 Å². The van der Waals surface area contributed by atoms with E-state index in [-0.39, 0.29) is 211 Å². The van der Waals surface area contributed by atoms with Gasteiger partial charge in [0.15, 0.2) is 0 Å². The first-order valence-electron chi connectivity index (χ1n) is 21.4. The minimum absolute atomic E-state index is 0. The van der Waals surface area contributed by atoms with E-state index in [1.165, 1.54) is 31.0 Å². The van der Waals surface area contributed by atoms with Gasteiger partial charge in [-0.2, -0.15) is 15.3 Å². The molecule has 0 aliphatic rings. The van der Waals surface area contributed by atoms with Crippen molar-refractivity contribution in [3.05, 3.63) is 53.9 Å². The van der Waals surface area contributed by atoms with E-state index < -0.39 is 17.2 Å². The fourth-order valence-corrected chi connectivity index (χ4v) is 5.00. The summed E-state index contributed by atoms with van der Waals surface area (Å²) in [6, 6.07) is 0. The number of hydrogen-bond acceptors (Lipinski definition) is 18. The van der Waals surface area contributed by atoms with Crippen LogP contribution in [0.3, 0.4) is 0 Å². The third-order valence-corrected chi connectivity index (χ3v) is 7.69. The third kappa shape index (κ3) is 49.2. The maximum Gasteiger partial charge on any atom is 1.00 e. The molecule has 0 saturated heterocycles. The number of halogens is 1. The summed E-state index contributed by atoms with van der Waals surface area (Å²) in [6.07, 6.45) is 15.1. The number of carbonyl (C=O) groups is 7. The Labute approximate surface area is 551 Å². The van der Waals surface area contributed by atoms with E-state index in [4.69, 9.17) is 34.1 Å². The Kier molecular flexibility index (Phi) is 53.5. The molecule has 0 aromatic carbocycles. The van der Waals surface area contributed by atoms with Gasteiger partial charge in [-0.15, -0.1) is 0 Å². The predicted octanol–water partition coefficient (Wildman–Crippen LogP) is -2.47. The summed E-state index contributed by atoms with van der Waals surface area (Å²) in [5, 5.41) is 32.3. The molecule has 0 bridgehead atoms. The molecule has 0 amide bonds. The summed E-state index contributed by atoms with van der Waals surface area (Å²) >= 11 is 3.31. The summed E-state index contributed by atoms with van der Waals surface area (Å²) in [5.41, 5.74) is -0.146. The van der Waals surface area contributed by atoms with Crippen LogP contribution >= 0.6 is 15.9 Å². The average Bonchev–Trinajstić information content (AvgIpc) is 4.01. The predicted molar refractivity (Wildman–Crippen MR) is 245 cm³/mol. The number of aryl methyl sites for hydroxylation is 2. The maximum atomic E-state index is 11.5. The molecule has 3 N–H and O–H groups in total. The first kappa shape index (κ1) is 80.4. The van der Waals surface area contributed by atoms with E-state index in [1.807, 2.05) is 62.3 Å². The molecule has 0 atom stereocenters. The Balaban J connectivity index is -0.000000151. The van der Waals surface area contributed by atoms with Gasteiger partial charge in [0.2, 0.25) is 0 Å². The van der Waals surface area contributed by atoms with Gasteiger partial charge in [0.05, 0.1) is 48.5 Å². The number of aromatic carboxylic acids is 1. The third-order valence-electron chi connectivity index (χ3n) is 7.13. The molecule has 3 aromatic rings. The summed E-state index contributed by atoms with van der Waals surface area (Å²) in [7, 11) is 0. The quantitative estimate of drug-likeness (QED) is 0.0173. The first-order chi connectivity index (χ1) is 30.8. The minimum Gasteiger partial charge on any atom is -1.00 e. The van der Waals surface area contributed by atoms with Crippen LogP contribution in [0.15, 0.2) is 37.2 Å². The number of alkyl halides is 1. The van der Waals surface area contributed by atoms with Crippen LogP contribution in [0.5, 0.6) is 0 Å². The largest absolute Gasteiger partial charge is 1.00 e. The monoisotopic (exact) mass is 1290 g/mol. The number of hydrogen-bond donors (Lipinski definition) is 2. The molecule has 3 rings (SSSR count). The molecule has 0 saturated carbocycles. The van der Waals surface area contributed by atoms with Crippen molar-refractivity contribution < 1.29 is 236 Å². The van der Waals surface area contributed by atoms with Crippen molar-refractivity contribution in [2.45, 2.75) is 164 Å². The van der Waals surface area contributed by atoms with Crippen molar-refractivity contribution in [3.8, 4) is 0 Å². The van der Waals surface area contributed by atoms with Gasteiger partial charge in [-0.05, 0) is 115 Å². The first-order valence-corrected chi connectivity index (χ1v) is 22.5. The number of carboxylic acids is 1. The van der Waals surface area contributed by atoms with E-state index >= 15 is 0 Å². The van der Waals surface area contributed by atoms with E-state index in [9.17, 15) is 28.8 Å². The second-order valence-corrected chi connectivity index (χ2v) is 17.5. The number of nitrogens with one attached hydrogen (secondary N) is 1. The number of ether oxygens (including phenoxy) is 5. The topological polar surface area (TPSA) is 312 Å². The van der Waals surface area contributed by atoms with Crippen LogP contribution in [0, 0.1) is 0 Å². The molecule has 0 aliphatic carbocycles. The van der Waals surface area contributed by atoms with Crippen molar-refractivity contribution in [1.82, 2.24) is 29.8 Å². The molecule has 0 fully saturated rings. The number of unbranched alkanes of at least 4 members (excludes halogenated alkanes) is 3. The number of nitrogens with zero attached hydrogens (tertiary/aromatic N) is 5. The minimum atomic E-state index is -0.986. The molecular weight excluding hydrogens is 1220 g/mol. The summed E-state index contributed by atoms with van der Waals surface area (Å²) < 4.78 is 28.4. The van der Waals surface area contributed by atoms with Crippen molar-refractivity contribution in [2.24, 2.45) is 0 Å². The van der Waals surface area contributed by atoms with Crippen molar-refractivity contribution in [2.75, 3.05) is 18.5 Å². The summed E-state index contributed by atoms with van der Waals surface area (Å²) in [4.78, 5) is 78.3. The number of rotatable bonds is 20. The van der Waals surface area contributed by atoms with E-state index in [0.29, 0.717) is 63.1 Å². The number of carboxylic acid groups (broad SMARTS) is 1. The number of aromatic amines is 1. The van der Waals surface area contributed by atoms with Gasteiger partial charge in [-0.3, -0.25) is 33.6 Å².